The largest absolute Gasteiger partial charge is 0.477 e. The summed E-state index contributed by atoms with van der Waals surface area (Å²) in [4.78, 5) is 15.1. The summed E-state index contributed by atoms with van der Waals surface area (Å²) in [5.41, 5.74) is 1.73. The maximum atomic E-state index is 10.9. The normalized spacial score (nSPS) is 11.5. The van der Waals surface area contributed by atoms with Crippen LogP contribution in [0.25, 0.3) is 10.9 Å². The first-order valence-corrected chi connectivity index (χ1v) is 5.22. The van der Waals surface area contributed by atoms with Crippen LogP contribution in [0.5, 0.6) is 0 Å². The zero-order valence-corrected chi connectivity index (χ0v) is 9.34. The number of fused-ring (bicyclic) bond motifs is 1. The quantitative estimate of drug-likeness (QED) is 0.793. The number of carboxylic acid groups (broad SMARTS) is 1. The molecular formula is C13H12N2O2. The number of pyridine rings is 1. The maximum Gasteiger partial charge on any atom is 0.351 e. The van der Waals surface area contributed by atoms with E-state index in [2.05, 4.69) is 10.3 Å². The summed E-state index contributed by atoms with van der Waals surface area (Å²) in [6.45, 7) is 1.68. The van der Waals surface area contributed by atoms with Crippen LogP contribution in [-0.2, 0) is 4.79 Å². The Kier molecular flexibility index (Phi) is 3.05. The van der Waals surface area contributed by atoms with Crippen molar-refractivity contribution < 1.29 is 9.90 Å². The molecule has 1 aromatic carbocycles. The first-order chi connectivity index (χ1) is 8.22. The number of anilines is 1. The van der Waals surface area contributed by atoms with Gasteiger partial charge in [-0.15, -0.1) is 0 Å². The number of carbonyl (C=O) groups is 1. The van der Waals surface area contributed by atoms with E-state index >= 15 is 0 Å². The van der Waals surface area contributed by atoms with E-state index in [1.165, 1.54) is 6.08 Å². The highest BCUT2D eigenvalue weighted by molar-refractivity contribution is 5.97. The number of aliphatic carboxylic acids is 1. The standard InChI is InChI=1S/C13H12N2O2/c1-2-10(13(16)17)15-12-7-3-6-11-9(12)5-4-8-14-11/h2-8,15H,1H3,(H,16,17). The SMILES string of the molecule is CC=C(Nc1cccc2ncccc12)C(=O)O. The van der Waals surface area contributed by atoms with Crippen molar-refractivity contribution in [1.82, 2.24) is 4.98 Å². The zero-order valence-electron chi connectivity index (χ0n) is 9.34. The molecule has 0 aliphatic heterocycles. The second kappa shape index (κ2) is 4.65. The van der Waals surface area contributed by atoms with E-state index in [0.717, 1.165) is 16.6 Å². The molecule has 2 aromatic rings. The van der Waals surface area contributed by atoms with Crippen molar-refractivity contribution in [2.75, 3.05) is 5.32 Å². The summed E-state index contributed by atoms with van der Waals surface area (Å²) >= 11 is 0. The lowest BCUT2D eigenvalue weighted by atomic mass is 10.2. The molecule has 0 saturated carbocycles. The monoisotopic (exact) mass is 228 g/mol. The van der Waals surface area contributed by atoms with Crippen LogP contribution in [0.3, 0.4) is 0 Å². The molecule has 86 valence electrons. The Morgan fingerprint density at radius 1 is 1.35 bits per heavy atom. The molecule has 4 nitrogen and oxygen atoms in total. The van der Waals surface area contributed by atoms with Crippen molar-refractivity contribution in [3.8, 4) is 0 Å². The second-order valence-electron chi connectivity index (χ2n) is 3.51. The molecule has 0 spiro atoms. The first kappa shape index (κ1) is 11.1. The molecule has 1 heterocycles. The minimum absolute atomic E-state index is 0.154. The molecule has 1 aromatic heterocycles. The van der Waals surface area contributed by atoms with E-state index in [-0.39, 0.29) is 5.70 Å². The van der Waals surface area contributed by atoms with Gasteiger partial charge in [0.2, 0.25) is 0 Å². The van der Waals surface area contributed by atoms with Crippen molar-refractivity contribution >= 4 is 22.6 Å². The smallest absolute Gasteiger partial charge is 0.351 e. The molecule has 0 fully saturated rings. The third kappa shape index (κ3) is 2.25. The number of benzene rings is 1. The molecule has 4 heteroatoms. The topological polar surface area (TPSA) is 62.2 Å². The number of hydrogen-bond donors (Lipinski definition) is 2. The number of allylic oxidation sites excluding steroid dienone is 1. The van der Waals surface area contributed by atoms with Crippen molar-refractivity contribution in [1.29, 1.82) is 0 Å². The van der Waals surface area contributed by atoms with E-state index in [1.807, 2.05) is 30.3 Å². The highest BCUT2D eigenvalue weighted by Gasteiger charge is 2.08. The van der Waals surface area contributed by atoms with E-state index in [1.54, 1.807) is 13.1 Å². The van der Waals surface area contributed by atoms with Gasteiger partial charge in [0.05, 0.1) is 5.52 Å². The average molecular weight is 228 g/mol. The fourth-order valence-electron chi connectivity index (χ4n) is 1.61. The molecule has 0 unspecified atom stereocenters. The summed E-state index contributed by atoms with van der Waals surface area (Å²) in [5.74, 6) is -0.978. The van der Waals surface area contributed by atoms with Crippen molar-refractivity contribution in [3.05, 3.63) is 48.3 Å². The average Bonchev–Trinajstić information content (AvgIpc) is 2.35. The molecule has 0 radical (unpaired) electrons. The molecule has 0 aliphatic carbocycles. The first-order valence-electron chi connectivity index (χ1n) is 5.22. The number of aromatic nitrogens is 1. The minimum Gasteiger partial charge on any atom is -0.477 e. The van der Waals surface area contributed by atoms with Crippen LogP contribution in [0.2, 0.25) is 0 Å². The Balaban J connectivity index is 2.46. The fraction of sp³-hybridized carbons (Fsp3) is 0.0769. The van der Waals surface area contributed by atoms with Gasteiger partial charge in [-0.3, -0.25) is 4.98 Å². The number of carboxylic acids is 1. The molecule has 2 N–H and O–H groups in total. The molecule has 17 heavy (non-hydrogen) atoms. The van der Waals surface area contributed by atoms with Crippen LogP contribution in [0.1, 0.15) is 6.92 Å². The summed E-state index contributed by atoms with van der Waals surface area (Å²) in [7, 11) is 0. The van der Waals surface area contributed by atoms with Crippen LogP contribution in [0, 0.1) is 0 Å². The van der Waals surface area contributed by atoms with Crippen LogP contribution >= 0.6 is 0 Å². The van der Waals surface area contributed by atoms with Crippen LogP contribution in [0.15, 0.2) is 48.3 Å². The summed E-state index contributed by atoms with van der Waals surface area (Å²) in [6, 6.07) is 9.28. The van der Waals surface area contributed by atoms with Gasteiger partial charge >= 0.3 is 5.97 Å². The lowest BCUT2D eigenvalue weighted by Gasteiger charge is -2.09. The van der Waals surface area contributed by atoms with Crippen LogP contribution < -0.4 is 5.32 Å². The lowest BCUT2D eigenvalue weighted by molar-refractivity contribution is -0.132. The molecular weight excluding hydrogens is 216 g/mol. The van der Waals surface area contributed by atoms with E-state index in [0.29, 0.717) is 0 Å². The van der Waals surface area contributed by atoms with Gasteiger partial charge in [-0.25, -0.2) is 4.79 Å². The Morgan fingerprint density at radius 3 is 2.88 bits per heavy atom. The lowest BCUT2D eigenvalue weighted by Crippen LogP contribution is -2.10. The number of nitrogens with one attached hydrogen (secondary N) is 1. The van der Waals surface area contributed by atoms with Gasteiger partial charge in [-0.2, -0.15) is 0 Å². The number of rotatable bonds is 3. The Morgan fingerprint density at radius 2 is 2.18 bits per heavy atom. The molecule has 0 bridgehead atoms. The van der Waals surface area contributed by atoms with Gasteiger partial charge in [0, 0.05) is 17.3 Å². The molecule has 0 atom stereocenters. The maximum absolute atomic E-state index is 10.9. The van der Waals surface area contributed by atoms with Gasteiger partial charge in [0.1, 0.15) is 5.70 Å². The highest BCUT2D eigenvalue weighted by atomic mass is 16.4. The third-order valence-electron chi connectivity index (χ3n) is 2.43. The summed E-state index contributed by atoms with van der Waals surface area (Å²) < 4.78 is 0. The van der Waals surface area contributed by atoms with E-state index in [9.17, 15) is 4.79 Å². The molecule has 0 amide bonds. The Bertz CT molecular complexity index is 585. The Hall–Kier alpha value is -2.36. The highest BCUT2D eigenvalue weighted by Crippen LogP contribution is 2.22. The minimum atomic E-state index is -0.978. The van der Waals surface area contributed by atoms with Crippen LogP contribution in [-0.4, -0.2) is 16.1 Å². The zero-order chi connectivity index (χ0) is 12.3. The predicted molar refractivity (Wildman–Crippen MR) is 66.8 cm³/mol. The molecule has 2 rings (SSSR count). The van der Waals surface area contributed by atoms with E-state index < -0.39 is 5.97 Å². The summed E-state index contributed by atoms with van der Waals surface area (Å²) in [5, 5.41) is 12.8. The summed E-state index contributed by atoms with van der Waals surface area (Å²) in [6.07, 6.45) is 3.23. The van der Waals surface area contributed by atoms with Gasteiger partial charge in [-0.1, -0.05) is 12.1 Å². The molecule has 0 aliphatic rings. The fourth-order valence-corrected chi connectivity index (χ4v) is 1.61. The predicted octanol–water partition coefficient (Wildman–Crippen LogP) is 2.64. The van der Waals surface area contributed by atoms with Crippen molar-refractivity contribution in [3.63, 3.8) is 0 Å². The van der Waals surface area contributed by atoms with Gasteiger partial charge in [-0.05, 0) is 31.2 Å². The third-order valence-corrected chi connectivity index (χ3v) is 2.43. The number of hydrogen-bond acceptors (Lipinski definition) is 3. The van der Waals surface area contributed by atoms with Crippen molar-refractivity contribution in [2.24, 2.45) is 0 Å². The van der Waals surface area contributed by atoms with Crippen LogP contribution in [0.4, 0.5) is 5.69 Å². The molecule has 0 saturated heterocycles. The Labute approximate surface area is 98.6 Å². The van der Waals surface area contributed by atoms with Gasteiger partial charge < -0.3 is 10.4 Å². The van der Waals surface area contributed by atoms with E-state index in [4.69, 9.17) is 5.11 Å². The second-order valence-corrected chi connectivity index (χ2v) is 3.51. The number of nitrogens with zero attached hydrogens (tertiary/aromatic N) is 1. The van der Waals surface area contributed by atoms with Crippen molar-refractivity contribution in [2.45, 2.75) is 6.92 Å². The van der Waals surface area contributed by atoms with Gasteiger partial charge in [0.25, 0.3) is 0 Å². The van der Waals surface area contributed by atoms with Gasteiger partial charge in [0.15, 0.2) is 0 Å².